The molecule has 1 unspecified atom stereocenters. The normalized spacial score (nSPS) is 12.6. The Bertz CT molecular complexity index is 1150. The number of aromatic amines is 1. The molecule has 0 saturated heterocycles. The summed E-state index contributed by atoms with van der Waals surface area (Å²) in [6.07, 6.45) is 0.615. The van der Waals surface area contributed by atoms with Crippen molar-refractivity contribution < 1.29 is 14.3 Å². The van der Waals surface area contributed by atoms with Gasteiger partial charge in [-0.2, -0.15) is 4.39 Å². The number of carbonyl (C=O) groups excluding carboxylic acids is 1. The van der Waals surface area contributed by atoms with Gasteiger partial charge in [-0.1, -0.05) is 11.6 Å². The first-order valence-corrected chi connectivity index (χ1v) is 8.12. The highest BCUT2D eigenvalue weighted by atomic mass is 35.5. The summed E-state index contributed by atoms with van der Waals surface area (Å²) in [5.74, 6) is -1.05. The van der Waals surface area contributed by atoms with E-state index in [4.69, 9.17) is 11.6 Å². The quantitative estimate of drug-likeness (QED) is 0.513. The van der Waals surface area contributed by atoms with E-state index in [9.17, 15) is 14.3 Å². The predicted octanol–water partition coefficient (Wildman–Crippen LogP) is 3.31. The first-order valence-electron chi connectivity index (χ1n) is 7.74. The van der Waals surface area contributed by atoms with E-state index >= 15 is 0 Å². The highest BCUT2D eigenvalue weighted by Crippen LogP contribution is 2.21. The minimum Gasteiger partial charge on any atom is -0.385 e. The maximum Gasteiger partial charge on any atom is 0.279 e. The highest BCUT2D eigenvalue weighted by molar-refractivity contribution is 6.30. The summed E-state index contributed by atoms with van der Waals surface area (Å²) in [6, 6.07) is 8.06. The fraction of sp³-hybridized carbons (Fsp3) is 0.118. The lowest BCUT2D eigenvalue weighted by Gasteiger charge is -2.03. The molecule has 3 N–H and O–H groups in total. The summed E-state index contributed by atoms with van der Waals surface area (Å²) in [4.78, 5) is 23.6. The van der Waals surface area contributed by atoms with Gasteiger partial charge in [0.2, 0.25) is 5.95 Å². The molecule has 3 heterocycles. The van der Waals surface area contributed by atoms with Gasteiger partial charge in [-0.25, -0.2) is 9.97 Å². The van der Waals surface area contributed by atoms with Gasteiger partial charge >= 0.3 is 0 Å². The molecule has 4 aromatic rings. The molecular weight excluding hydrogens is 361 g/mol. The Morgan fingerprint density at radius 2 is 2.15 bits per heavy atom. The second kappa shape index (κ2) is 6.08. The highest BCUT2D eigenvalue weighted by Gasteiger charge is 2.20. The van der Waals surface area contributed by atoms with Gasteiger partial charge in [-0.15, -0.1) is 0 Å². The summed E-state index contributed by atoms with van der Waals surface area (Å²) < 4.78 is 15.6. The van der Waals surface area contributed by atoms with Crippen molar-refractivity contribution in [2.24, 2.45) is 0 Å². The number of aromatic nitrogens is 4. The van der Waals surface area contributed by atoms with Crippen molar-refractivity contribution in [1.82, 2.24) is 19.4 Å². The van der Waals surface area contributed by atoms with E-state index in [-0.39, 0.29) is 11.3 Å². The van der Waals surface area contributed by atoms with Crippen LogP contribution in [-0.2, 0) is 0 Å². The molecule has 1 amide bonds. The number of carbonyl (C=O) groups is 1. The van der Waals surface area contributed by atoms with E-state index in [1.54, 1.807) is 31.2 Å². The lowest BCUT2D eigenvalue weighted by Crippen LogP contribution is -2.14. The van der Waals surface area contributed by atoms with Gasteiger partial charge in [0.15, 0.2) is 5.69 Å². The zero-order valence-electron chi connectivity index (χ0n) is 13.5. The topological polar surface area (TPSA) is 95.3 Å². The van der Waals surface area contributed by atoms with Crippen LogP contribution in [0.4, 0.5) is 10.1 Å². The molecule has 26 heavy (non-hydrogen) atoms. The largest absolute Gasteiger partial charge is 0.385 e. The van der Waals surface area contributed by atoms with Crippen LogP contribution in [0.1, 0.15) is 29.3 Å². The number of H-pyrrole nitrogens is 1. The van der Waals surface area contributed by atoms with Gasteiger partial charge in [0.05, 0.1) is 16.1 Å². The Hall–Kier alpha value is -2.97. The molecule has 1 aromatic carbocycles. The number of aliphatic hydroxyl groups is 1. The summed E-state index contributed by atoms with van der Waals surface area (Å²) >= 11 is 5.85. The number of hydrogen-bond donors (Lipinski definition) is 3. The number of hydrogen-bond acceptors (Lipinski definition) is 4. The van der Waals surface area contributed by atoms with Crippen LogP contribution in [0.2, 0.25) is 5.02 Å². The van der Waals surface area contributed by atoms with Crippen LogP contribution in [0.15, 0.2) is 36.5 Å². The number of nitrogens with one attached hydrogen (secondary N) is 2. The van der Waals surface area contributed by atoms with Crippen LogP contribution < -0.4 is 5.32 Å². The fourth-order valence-corrected chi connectivity index (χ4v) is 2.79. The number of anilines is 1. The average molecular weight is 374 g/mol. The van der Waals surface area contributed by atoms with Crippen LogP contribution >= 0.6 is 11.6 Å². The zero-order chi connectivity index (χ0) is 18.4. The zero-order valence-corrected chi connectivity index (χ0v) is 14.3. The predicted molar refractivity (Wildman–Crippen MR) is 94.8 cm³/mol. The molecule has 0 fully saturated rings. The lowest BCUT2D eigenvalue weighted by molar-refractivity contribution is 0.101. The van der Waals surface area contributed by atoms with Crippen molar-refractivity contribution in [3.8, 4) is 0 Å². The Morgan fingerprint density at radius 3 is 2.92 bits per heavy atom. The monoisotopic (exact) mass is 373 g/mol. The van der Waals surface area contributed by atoms with Crippen LogP contribution in [0.25, 0.3) is 16.7 Å². The summed E-state index contributed by atoms with van der Waals surface area (Å²) in [6.45, 7) is 1.60. The molecular formula is C17H13ClFN5O2. The molecule has 0 aliphatic rings. The van der Waals surface area contributed by atoms with Gasteiger partial charge < -0.3 is 15.4 Å². The fourth-order valence-electron chi connectivity index (χ4n) is 2.63. The van der Waals surface area contributed by atoms with Gasteiger partial charge in [-0.05, 0) is 37.3 Å². The SMILES string of the molecule is CC(O)c1nc2ccc(NC(=O)c3nc4ccc(Cl)cn4c3F)cc2[nH]1. The van der Waals surface area contributed by atoms with E-state index in [2.05, 4.69) is 20.3 Å². The van der Waals surface area contributed by atoms with Crippen LogP contribution in [0.3, 0.4) is 0 Å². The van der Waals surface area contributed by atoms with Gasteiger partial charge in [0, 0.05) is 11.9 Å². The Morgan fingerprint density at radius 1 is 1.35 bits per heavy atom. The molecule has 0 aliphatic carbocycles. The number of pyridine rings is 1. The van der Waals surface area contributed by atoms with Crippen molar-refractivity contribution in [3.05, 3.63) is 59.0 Å². The number of aliphatic hydroxyl groups excluding tert-OH is 1. The van der Waals surface area contributed by atoms with Gasteiger partial charge in [0.1, 0.15) is 17.6 Å². The van der Waals surface area contributed by atoms with E-state index < -0.39 is 18.0 Å². The van der Waals surface area contributed by atoms with Crippen molar-refractivity contribution in [3.63, 3.8) is 0 Å². The second-order valence-electron chi connectivity index (χ2n) is 5.81. The molecule has 7 nitrogen and oxygen atoms in total. The van der Waals surface area contributed by atoms with Crippen LogP contribution in [0, 0.1) is 5.95 Å². The first-order chi connectivity index (χ1) is 12.4. The molecule has 4 rings (SSSR count). The number of benzene rings is 1. The van der Waals surface area contributed by atoms with Gasteiger partial charge in [0.25, 0.3) is 5.91 Å². The molecule has 0 bridgehead atoms. The standard InChI is InChI=1S/C17H13ClFN5O2/c1-8(25)16-21-11-4-3-10(6-12(11)22-16)20-17(26)14-15(19)24-7-9(18)2-5-13(24)23-14/h2-8,25H,1H3,(H,20,26)(H,21,22). The summed E-state index contributed by atoms with van der Waals surface area (Å²) in [7, 11) is 0. The maximum absolute atomic E-state index is 14.4. The maximum atomic E-state index is 14.4. The van der Waals surface area contributed by atoms with E-state index in [1.807, 2.05) is 0 Å². The molecule has 0 spiro atoms. The number of amides is 1. The Kier molecular flexibility index (Phi) is 3.86. The third-order valence-corrected chi connectivity index (χ3v) is 4.12. The molecule has 0 aliphatic heterocycles. The smallest absolute Gasteiger partial charge is 0.279 e. The Labute approximate surface area is 151 Å². The first kappa shape index (κ1) is 16.5. The van der Waals surface area contributed by atoms with Crippen molar-refractivity contribution in [2.75, 3.05) is 5.32 Å². The summed E-state index contributed by atoms with van der Waals surface area (Å²) in [5.41, 5.74) is 1.68. The second-order valence-corrected chi connectivity index (χ2v) is 6.25. The van der Waals surface area contributed by atoms with Crippen molar-refractivity contribution >= 4 is 39.9 Å². The van der Waals surface area contributed by atoms with Crippen molar-refractivity contribution in [1.29, 1.82) is 0 Å². The average Bonchev–Trinajstić information content (AvgIpc) is 3.16. The minimum atomic E-state index is -0.793. The number of fused-ring (bicyclic) bond motifs is 2. The molecule has 9 heteroatoms. The van der Waals surface area contributed by atoms with Crippen molar-refractivity contribution in [2.45, 2.75) is 13.0 Å². The molecule has 132 valence electrons. The Balaban J connectivity index is 1.65. The van der Waals surface area contributed by atoms with Crippen LogP contribution in [0.5, 0.6) is 0 Å². The number of halogens is 2. The molecule has 0 saturated carbocycles. The van der Waals surface area contributed by atoms with Gasteiger partial charge in [-0.3, -0.25) is 9.20 Å². The molecule has 3 aromatic heterocycles. The van der Waals surface area contributed by atoms with E-state index in [0.717, 1.165) is 4.40 Å². The number of nitrogens with zero attached hydrogens (tertiary/aromatic N) is 3. The third-order valence-electron chi connectivity index (χ3n) is 3.89. The minimum absolute atomic E-state index is 0.280. The number of rotatable bonds is 3. The molecule has 0 radical (unpaired) electrons. The number of imidazole rings is 2. The van der Waals surface area contributed by atoms with E-state index in [0.29, 0.717) is 27.6 Å². The summed E-state index contributed by atoms with van der Waals surface area (Å²) in [5, 5.41) is 12.5. The lowest BCUT2D eigenvalue weighted by atomic mass is 10.2. The van der Waals surface area contributed by atoms with E-state index in [1.165, 1.54) is 12.3 Å². The van der Waals surface area contributed by atoms with Crippen LogP contribution in [-0.4, -0.2) is 30.4 Å². The molecule has 1 atom stereocenters. The third kappa shape index (κ3) is 2.79.